The molecule has 1 fully saturated rings. The Morgan fingerprint density at radius 3 is 2.60 bits per heavy atom. The van der Waals surface area contributed by atoms with Gasteiger partial charge in [-0.2, -0.15) is 8.78 Å². The van der Waals surface area contributed by atoms with Gasteiger partial charge in [-0.25, -0.2) is 4.39 Å². The van der Waals surface area contributed by atoms with Gasteiger partial charge in [-0.1, -0.05) is 0 Å². The molecule has 1 aliphatic rings. The molecule has 0 radical (unpaired) electrons. The Morgan fingerprint density at radius 2 is 2.20 bits per heavy atom. The van der Waals surface area contributed by atoms with E-state index in [1.807, 2.05) is 0 Å². The minimum Gasteiger partial charge on any atom is -0.293 e. The molecule has 2 nitrogen and oxygen atoms in total. The summed E-state index contributed by atoms with van der Waals surface area (Å²) in [6, 6.07) is 0. The van der Waals surface area contributed by atoms with Crippen molar-refractivity contribution in [3.05, 3.63) is 0 Å². The Balaban J connectivity index is 2.51. The largest absolute Gasteiger partial charge is 0.370 e. The standard InChI is InChI=1S/C5H8F3NO/c1-9-2-4(6)10-5(7,8)3-9/h4H,2-3H2,1H3/t4-/m1/s1. The molecule has 0 aromatic carbocycles. The number of morpholine rings is 1. The van der Waals surface area contributed by atoms with Crippen LogP contribution in [0.15, 0.2) is 0 Å². The van der Waals surface area contributed by atoms with E-state index >= 15 is 0 Å². The summed E-state index contributed by atoms with van der Waals surface area (Å²) in [4.78, 5) is 1.19. The van der Waals surface area contributed by atoms with Gasteiger partial charge in [0.05, 0.1) is 13.1 Å². The smallest absolute Gasteiger partial charge is 0.293 e. The van der Waals surface area contributed by atoms with E-state index in [0.29, 0.717) is 0 Å². The lowest BCUT2D eigenvalue weighted by Gasteiger charge is -2.31. The molecule has 1 aliphatic heterocycles. The summed E-state index contributed by atoms with van der Waals surface area (Å²) in [6.07, 6.45) is -5.19. The Morgan fingerprint density at radius 1 is 1.60 bits per heavy atom. The number of rotatable bonds is 0. The van der Waals surface area contributed by atoms with Gasteiger partial charge in [0.1, 0.15) is 0 Å². The molecule has 5 heteroatoms. The second-order valence-electron chi connectivity index (χ2n) is 2.36. The molecule has 60 valence electrons. The first-order chi connectivity index (χ1) is 4.49. The minimum absolute atomic E-state index is 0.0877. The van der Waals surface area contributed by atoms with Gasteiger partial charge in [-0.05, 0) is 7.05 Å². The highest BCUT2D eigenvalue weighted by atomic mass is 19.3. The van der Waals surface area contributed by atoms with E-state index in [2.05, 4.69) is 4.74 Å². The molecule has 1 rings (SSSR count). The normalized spacial score (nSPS) is 34.2. The van der Waals surface area contributed by atoms with Crippen molar-refractivity contribution in [3.8, 4) is 0 Å². The number of hydrogen-bond acceptors (Lipinski definition) is 2. The molecule has 10 heavy (non-hydrogen) atoms. The molecule has 0 aromatic rings. The summed E-state index contributed by atoms with van der Waals surface area (Å²) >= 11 is 0. The molecule has 0 unspecified atom stereocenters. The molecule has 0 aromatic heterocycles. The van der Waals surface area contributed by atoms with E-state index in [0.717, 1.165) is 0 Å². The summed E-state index contributed by atoms with van der Waals surface area (Å²) in [5.74, 6) is 0. The van der Waals surface area contributed by atoms with E-state index in [4.69, 9.17) is 0 Å². The molecular weight excluding hydrogens is 147 g/mol. The van der Waals surface area contributed by atoms with Crippen LogP contribution in [0.25, 0.3) is 0 Å². The van der Waals surface area contributed by atoms with Crippen molar-refractivity contribution in [1.82, 2.24) is 4.90 Å². The van der Waals surface area contributed by atoms with Crippen molar-refractivity contribution in [2.45, 2.75) is 12.5 Å². The lowest BCUT2D eigenvalue weighted by molar-refractivity contribution is -0.318. The van der Waals surface area contributed by atoms with Gasteiger partial charge in [0.2, 0.25) is 6.36 Å². The zero-order valence-corrected chi connectivity index (χ0v) is 5.48. The molecule has 1 heterocycles. The molecule has 0 spiro atoms. The van der Waals surface area contributed by atoms with E-state index < -0.39 is 19.0 Å². The fourth-order valence-electron chi connectivity index (χ4n) is 0.885. The second kappa shape index (κ2) is 2.39. The van der Waals surface area contributed by atoms with Crippen molar-refractivity contribution in [2.75, 3.05) is 20.1 Å². The third kappa shape index (κ3) is 1.85. The third-order valence-electron chi connectivity index (χ3n) is 1.21. The first-order valence-electron chi connectivity index (χ1n) is 2.88. The molecule has 0 N–H and O–H groups in total. The number of halogens is 3. The Kier molecular flexibility index (Phi) is 1.87. The lowest BCUT2D eigenvalue weighted by atomic mass is 10.4. The number of alkyl halides is 3. The molecule has 1 saturated heterocycles. The fraction of sp³-hybridized carbons (Fsp3) is 1.00. The number of hydrogen-bond donors (Lipinski definition) is 0. The SMILES string of the molecule is CN1C[C@H](F)OC(F)(F)C1. The molecule has 0 amide bonds. The van der Waals surface area contributed by atoms with Crippen LogP contribution in [0.4, 0.5) is 13.2 Å². The average Bonchev–Trinajstić information content (AvgIpc) is 1.54. The summed E-state index contributed by atoms with van der Waals surface area (Å²) in [5.41, 5.74) is 0. The maximum atomic E-state index is 12.2. The molecular formula is C5H8F3NO. The summed E-state index contributed by atoms with van der Waals surface area (Å²) < 4.78 is 40.3. The van der Waals surface area contributed by atoms with Gasteiger partial charge in [0, 0.05) is 0 Å². The van der Waals surface area contributed by atoms with Crippen LogP contribution >= 0.6 is 0 Å². The van der Waals surface area contributed by atoms with Gasteiger partial charge >= 0.3 is 6.11 Å². The minimum atomic E-state index is -3.33. The zero-order chi connectivity index (χ0) is 7.78. The summed E-state index contributed by atoms with van der Waals surface area (Å²) in [5, 5.41) is 0. The van der Waals surface area contributed by atoms with E-state index in [-0.39, 0.29) is 6.54 Å². The van der Waals surface area contributed by atoms with E-state index in [1.165, 1.54) is 11.9 Å². The van der Waals surface area contributed by atoms with Gasteiger partial charge < -0.3 is 0 Å². The van der Waals surface area contributed by atoms with Crippen molar-refractivity contribution in [2.24, 2.45) is 0 Å². The predicted molar refractivity (Wildman–Crippen MR) is 28.4 cm³/mol. The second-order valence-corrected chi connectivity index (χ2v) is 2.36. The van der Waals surface area contributed by atoms with Gasteiger partial charge in [-0.3, -0.25) is 9.64 Å². The zero-order valence-electron chi connectivity index (χ0n) is 5.48. The van der Waals surface area contributed by atoms with Crippen LogP contribution in [-0.4, -0.2) is 37.5 Å². The van der Waals surface area contributed by atoms with Crippen LogP contribution < -0.4 is 0 Å². The Labute approximate surface area is 56.6 Å². The van der Waals surface area contributed by atoms with Gasteiger partial charge in [0.25, 0.3) is 0 Å². The highest BCUT2D eigenvalue weighted by Gasteiger charge is 2.40. The van der Waals surface area contributed by atoms with Crippen LogP contribution in [0.2, 0.25) is 0 Å². The lowest BCUT2D eigenvalue weighted by Crippen LogP contribution is -2.48. The van der Waals surface area contributed by atoms with E-state index in [1.54, 1.807) is 0 Å². The van der Waals surface area contributed by atoms with Crippen LogP contribution in [0.1, 0.15) is 0 Å². The van der Waals surface area contributed by atoms with Crippen molar-refractivity contribution >= 4 is 0 Å². The fourth-order valence-corrected chi connectivity index (χ4v) is 0.885. The third-order valence-corrected chi connectivity index (χ3v) is 1.21. The highest BCUT2D eigenvalue weighted by molar-refractivity contribution is 4.68. The molecule has 0 bridgehead atoms. The highest BCUT2D eigenvalue weighted by Crippen LogP contribution is 2.23. The topological polar surface area (TPSA) is 12.5 Å². The van der Waals surface area contributed by atoms with Gasteiger partial charge in [0.15, 0.2) is 0 Å². The quantitative estimate of drug-likeness (QED) is 0.514. The number of nitrogens with zero attached hydrogens (tertiary/aromatic N) is 1. The molecule has 0 aliphatic carbocycles. The number of ether oxygens (including phenoxy) is 1. The summed E-state index contributed by atoms with van der Waals surface area (Å²) in [7, 11) is 1.42. The molecule has 0 saturated carbocycles. The molecule has 1 atom stereocenters. The Hall–Kier alpha value is -0.290. The Bertz CT molecular complexity index is 118. The van der Waals surface area contributed by atoms with Crippen LogP contribution in [0.3, 0.4) is 0 Å². The van der Waals surface area contributed by atoms with Crippen molar-refractivity contribution in [1.29, 1.82) is 0 Å². The van der Waals surface area contributed by atoms with Gasteiger partial charge in [-0.15, -0.1) is 0 Å². The first-order valence-corrected chi connectivity index (χ1v) is 2.88. The van der Waals surface area contributed by atoms with Crippen LogP contribution in [0, 0.1) is 0 Å². The maximum Gasteiger partial charge on any atom is 0.370 e. The van der Waals surface area contributed by atoms with Crippen LogP contribution in [-0.2, 0) is 4.74 Å². The monoisotopic (exact) mass is 155 g/mol. The van der Waals surface area contributed by atoms with Crippen molar-refractivity contribution in [3.63, 3.8) is 0 Å². The first kappa shape index (κ1) is 7.81. The average molecular weight is 155 g/mol. The predicted octanol–water partition coefficient (Wildman–Crippen LogP) is 0.837. The number of likely N-dealkylation sites (N-methyl/N-ethyl adjacent to an activating group) is 1. The maximum absolute atomic E-state index is 12.2. The van der Waals surface area contributed by atoms with Crippen molar-refractivity contribution < 1.29 is 17.9 Å². The summed E-state index contributed by atoms with van der Waals surface area (Å²) in [6.45, 7) is -0.622. The van der Waals surface area contributed by atoms with Crippen LogP contribution in [0.5, 0.6) is 0 Å². The van der Waals surface area contributed by atoms with E-state index in [9.17, 15) is 13.2 Å².